The van der Waals surface area contributed by atoms with Crippen LogP contribution in [0.2, 0.25) is 0 Å². The maximum absolute atomic E-state index is 2.32. The van der Waals surface area contributed by atoms with Crippen LogP contribution in [0.15, 0.2) is 121 Å². The van der Waals surface area contributed by atoms with Crippen LogP contribution in [-0.2, 0) is 0 Å². The highest BCUT2D eigenvalue weighted by molar-refractivity contribution is 6.11. The molecule has 0 aromatic heterocycles. The Balaban J connectivity index is 1.46. The molecule has 0 heterocycles. The van der Waals surface area contributed by atoms with E-state index in [1.807, 2.05) is 0 Å². The first-order valence-electron chi connectivity index (χ1n) is 12.9. The van der Waals surface area contributed by atoms with Crippen LogP contribution in [0, 0.1) is 0 Å². The van der Waals surface area contributed by atoms with Gasteiger partial charge in [0.2, 0.25) is 0 Å². The van der Waals surface area contributed by atoms with Gasteiger partial charge in [-0.2, -0.15) is 0 Å². The van der Waals surface area contributed by atoms with Gasteiger partial charge >= 0.3 is 0 Å². The molecule has 0 aliphatic carbocycles. The Hall–Kier alpha value is -4.16. The van der Waals surface area contributed by atoms with Gasteiger partial charge in [0, 0.05) is 0 Å². The van der Waals surface area contributed by atoms with Gasteiger partial charge in [-0.15, -0.1) is 0 Å². The molecule has 0 heteroatoms. The first kappa shape index (κ1) is 22.3. The fraction of sp³-hybridized carbons (Fsp3) is 0.111. The van der Waals surface area contributed by atoms with E-state index in [1.54, 1.807) is 0 Å². The Kier molecular flexibility index (Phi) is 5.87. The van der Waals surface area contributed by atoms with E-state index in [2.05, 4.69) is 135 Å². The monoisotopic (exact) mass is 462 g/mol. The third-order valence-electron chi connectivity index (χ3n) is 7.55. The van der Waals surface area contributed by atoms with Crippen LogP contribution in [0.25, 0.3) is 54.2 Å². The highest BCUT2D eigenvalue weighted by atomic mass is 14.2. The lowest BCUT2D eigenvalue weighted by Gasteiger charge is -2.18. The van der Waals surface area contributed by atoms with E-state index in [9.17, 15) is 0 Å². The number of fused-ring (bicyclic) bond motifs is 4. The van der Waals surface area contributed by atoms with E-state index in [-0.39, 0.29) is 0 Å². The SMILES string of the molecule is C/C=C(\CC/C(=C\C)c1c2ccccc2cc2ccccc12)c1c2ccccc2cc2ccccc12. The minimum atomic E-state index is 0.992. The molecular weight excluding hydrogens is 432 g/mol. The van der Waals surface area contributed by atoms with Gasteiger partial charge in [-0.05, 0) is 104 Å². The molecule has 6 aromatic carbocycles. The lowest BCUT2D eigenvalue weighted by molar-refractivity contribution is 1.09. The summed E-state index contributed by atoms with van der Waals surface area (Å²) in [5.74, 6) is 0. The Morgan fingerprint density at radius 3 is 1.00 bits per heavy atom. The molecule has 174 valence electrons. The van der Waals surface area contributed by atoms with Crippen molar-refractivity contribution < 1.29 is 0 Å². The first-order chi connectivity index (χ1) is 17.8. The molecule has 0 aliphatic heterocycles. The first-order valence-corrected chi connectivity index (χ1v) is 12.9. The summed E-state index contributed by atoms with van der Waals surface area (Å²) in [6.07, 6.45) is 6.63. The summed E-state index contributed by atoms with van der Waals surface area (Å²) in [6, 6.07) is 39.9. The Bertz CT molecular complexity index is 1550. The molecule has 0 nitrogen and oxygen atoms in total. The van der Waals surface area contributed by atoms with Crippen molar-refractivity contribution in [3.63, 3.8) is 0 Å². The third-order valence-corrected chi connectivity index (χ3v) is 7.55. The van der Waals surface area contributed by atoms with Gasteiger partial charge < -0.3 is 0 Å². The standard InChI is InChI=1S/C36H30/c1-3-25(35-31-17-9-5-13-27(31)23-28-14-6-10-18-32(28)35)21-22-26(4-2)36-33-19-11-7-15-29(33)24-30-16-8-12-20-34(30)36/h3-20,23-24H,21-22H2,1-2H3/b25-3+,26-4+. The number of allylic oxidation sites excluding steroid dienone is 4. The molecule has 0 atom stereocenters. The lowest BCUT2D eigenvalue weighted by atomic mass is 9.86. The van der Waals surface area contributed by atoms with E-state index in [4.69, 9.17) is 0 Å². The fourth-order valence-corrected chi connectivity index (χ4v) is 5.82. The summed E-state index contributed by atoms with van der Waals surface area (Å²) >= 11 is 0. The molecule has 0 amide bonds. The predicted octanol–water partition coefficient (Wildman–Crippen LogP) is 10.6. The average Bonchev–Trinajstić information content (AvgIpc) is 2.93. The summed E-state index contributed by atoms with van der Waals surface area (Å²) in [5, 5.41) is 10.6. The van der Waals surface area contributed by atoms with Crippen molar-refractivity contribution in [1.29, 1.82) is 0 Å². The molecular formula is C36H30. The van der Waals surface area contributed by atoms with Crippen LogP contribution in [-0.4, -0.2) is 0 Å². The van der Waals surface area contributed by atoms with Crippen LogP contribution < -0.4 is 0 Å². The van der Waals surface area contributed by atoms with Crippen molar-refractivity contribution in [1.82, 2.24) is 0 Å². The maximum Gasteiger partial charge on any atom is -0.00705 e. The van der Waals surface area contributed by atoms with E-state index in [0.717, 1.165) is 12.8 Å². The quantitative estimate of drug-likeness (QED) is 0.223. The minimum Gasteiger partial charge on any atom is -0.0838 e. The zero-order valence-corrected chi connectivity index (χ0v) is 21.0. The van der Waals surface area contributed by atoms with E-state index in [0.29, 0.717) is 0 Å². The Labute approximate surface area is 213 Å². The fourth-order valence-electron chi connectivity index (χ4n) is 5.82. The number of hydrogen-bond donors (Lipinski definition) is 0. The highest BCUT2D eigenvalue weighted by Crippen LogP contribution is 2.39. The third kappa shape index (κ3) is 3.80. The van der Waals surface area contributed by atoms with Crippen molar-refractivity contribution in [2.75, 3.05) is 0 Å². The molecule has 0 saturated carbocycles. The molecule has 0 radical (unpaired) electrons. The molecule has 0 aliphatic rings. The second kappa shape index (κ2) is 9.47. The van der Waals surface area contributed by atoms with Crippen molar-refractivity contribution in [3.8, 4) is 0 Å². The van der Waals surface area contributed by atoms with Crippen molar-refractivity contribution in [3.05, 3.63) is 132 Å². The highest BCUT2D eigenvalue weighted by Gasteiger charge is 2.15. The molecule has 6 rings (SSSR count). The predicted molar refractivity (Wildman–Crippen MR) is 159 cm³/mol. The molecule has 0 N–H and O–H groups in total. The molecule has 36 heavy (non-hydrogen) atoms. The van der Waals surface area contributed by atoms with Crippen molar-refractivity contribution in [2.24, 2.45) is 0 Å². The summed E-state index contributed by atoms with van der Waals surface area (Å²) in [5.41, 5.74) is 5.58. The van der Waals surface area contributed by atoms with Gasteiger partial charge in [-0.1, -0.05) is 109 Å². The molecule has 0 spiro atoms. The molecule has 0 bridgehead atoms. The van der Waals surface area contributed by atoms with E-state index in [1.165, 1.54) is 65.4 Å². The summed E-state index contributed by atoms with van der Waals surface area (Å²) in [7, 11) is 0. The van der Waals surface area contributed by atoms with Crippen LogP contribution in [0.3, 0.4) is 0 Å². The second-order valence-electron chi connectivity index (χ2n) is 9.52. The normalized spacial score (nSPS) is 12.7. The van der Waals surface area contributed by atoms with Crippen LogP contribution in [0.1, 0.15) is 37.8 Å². The Morgan fingerprint density at radius 1 is 0.444 bits per heavy atom. The van der Waals surface area contributed by atoms with E-state index >= 15 is 0 Å². The zero-order chi connectivity index (χ0) is 24.5. The molecule has 0 fully saturated rings. The van der Waals surface area contributed by atoms with Crippen molar-refractivity contribution >= 4 is 54.2 Å². The summed E-state index contributed by atoms with van der Waals surface area (Å²) in [6.45, 7) is 4.38. The van der Waals surface area contributed by atoms with Gasteiger partial charge in [-0.25, -0.2) is 0 Å². The van der Waals surface area contributed by atoms with Crippen LogP contribution in [0.5, 0.6) is 0 Å². The molecule has 0 unspecified atom stereocenters. The largest absolute Gasteiger partial charge is 0.0838 e. The second-order valence-corrected chi connectivity index (χ2v) is 9.52. The topological polar surface area (TPSA) is 0 Å². The smallest absolute Gasteiger partial charge is 0.00705 e. The van der Waals surface area contributed by atoms with Gasteiger partial charge in [0.1, 0.15) is 0 Å². The number of hydrogen-bond acceptors (Lipinski definition) is 0. The minimum absolute atomic E-state index is 0.992. The number of rotatable bonds is 5. The number of benzene rings is 6. The summed E-state index contributed by atoms with van der Waals surface area (Å²) in [4.78, 5) is 0. The zero-order valence-electron chi connectivity index (χ0n) is 21.0. The molecule has 0 saturated heterocycles. The molecule has 6 aromatic rings. The van der Waals surface area contributed by atoms with Crippen LogP contribution >= 0.6 is 0 Å². The van der Waals surface area contributed by atoms with Gasteiger partial charge in [0.15, 0.2) is 0 Å². The van der Waals surface area contributed by atoms with Gasteiger partial charge in [0.25, 0.3) is 0 Å². The van der Waals surface area contributed by atoms with Gasteiger partial charge in [-0.3, -0.25) is 0 Å². The van der Waals surface area contributed by atoms with Crippen LogP contribution in [0.4, 0.5) is 0 Å². The maximum atomic E-state index is 2.32. The van der Waals surface area contributed by atoms with Crippen molar-refractivity contribution in [2.45, 2.75) is 26.7 Å². The van der Waals surface area contributed by atoms with Gasteiger partial charge in [0.05, 0.1) is 0 Å². The summed E-state index contributed by atoms with van der Waals surface area (Å²) < 4.78 is 0. The lowest BCUT2D eigenvalue weighted by Crippen LogP contribution is -1.94. The average molecular weight is 463 g/mol. The Morgan fingerprint density at radius 2 is 0.722 bits per heavy atom. The van der Waals surface area contributed by atoms with E-state index < -0.39 is 0 Å².